The van der Waals surface area contributed by atoms with Gasteiger partial charge in [0.15, 0.2) is 0 Å². The van der Waals surface area contributed by atoms with Crippen LogP contribution in [0.5, 0.6) is 5.75 Å². The van der Waals surface area contributed by atoms with E-state index in [1.807, 2.05) is 18.2 Å². The minimum Gasteiger partial charge on any atom is -0.489 e. The third-order valence-corrected chi connectivity index (χ3v) is 6.78. The van der Waals surface area contributed by atoms with Gasteiger partial charge in [-0.2, -0.15) is 5.26 Å². The fourth-order valence-corrected chi connectivity index (χ4v) is 4.53. The molecule has 2 aromatic heterocycles. The number of nitrogens with zero attached hydrogens (tertiary/aromatic N) is 6. The smallest absolute Gasteiger partial charge is 0.248 e. The summed E-state index contributed by atoms with van der Waals surface area (Å²) in [5.41, 5.74) is 2.67. The van der Waals surface area contributed by atoms with Gasteiger partial charge >= 0.3 is 0 Å². The number of anilines is 3. The first-order valence-electron chi connectivity index (χ1n) is 12.5. The molecule has 0 spiro atoms. The molecule has 0 aliphatic carbocycles. The highest BCUT2D eigenvalue weighted by molar-refractivity contribution is 5.77. The lowest BCUT2D eigenvalue weighted by molar-refractivity contribution is -0.135. The molecule has 196 valence electrons. The van der Waals surface area contributed by atoms with Gasteiger partial charge in [0.25, 0.3) is 0 Å². The molecule has 2 aliphatic heterocycles. The minimum absolute atomic E-state index is 0.104. The first-order valence-corrected chi connectivity index (χ1v) is 12.5. The van der Waals surface area contributed by atoms with Crippen LogP contribution in [0.25, 0.3) is 11.3 Å². The number of nitrogens with one attached hydrogen (secondary N) is 1. The molecule has 1 aromatic carbocycles. The molecule has 38 heavy (non-hydrogen) atoms. The Labute approximate surface area is 220 Å². The Morgan fingerprint density at radius 2 is 1.92 bits per heavy atom. The van der Waals surface area contributed by atoms with E-state index in [-0.39, 0.29) is 18.1 Å². The highest BCUT2D eigenvalue weighted by atomic mass is 16.5. The highest BCUT2D eigenvalue weighted by Gasteiger charge is 2.27. The number of ether oxygens (including phenoxy) is 2. The number of likely N-dealkylation sites (tertiary alicyclic amines) is 1. The number of aliphatic hydroxyl groups is 1. The number of aliphatic hydroxyl groups excluding tert-OH is 1. The Morgan fingerprint density at radius 3 is 2.66 bits per heavy atom. The zero-order valence-electron chi connectivity index (χ0n) is 21.1. The van der Waals surface area contributed by atoms with E-state index < -0.39 is 6.61 Å². The highest BCUT2D eigenvalue weighted by Crippen LogP contribution is 2.29. The van der Waals surface area contributed by atoms with Crippen molar-refractivity contribution in [2.75, 3.05) is 50.1 Å². The summed E-state index contributed by atoms with van der Waals surface area (Å²) in [5.74, 6) is 1.52. The van der Waals surface area contributed by atoms with E-state index in [4.69, 9.17) is 14.6 Å². The number of pyridine rings is 1. The Balaban J connectivity index is 1.26. The van der Waals surface area contributed by atoms with Gasteiger partial charge in [0.2, 0.25) is 11.9 Å². The molecule has 0 radical (unpaired) electrons. The number of methoxy groups -OCH3 is 1. The first kappa shape index (κ1) is 25.4. The Morgan fingerprint density at radius 1 is 1.13 bits per heavy atom. The van der Waals surface area contributed by atoms with Crippen LogP contribution < -0.4 is 15.0 Å². The molecule has 0 atom stereocenters. The predicted octanol–water partition coefficient (Wildman–Crippen LogP) is 2.35. The quantitative estimate of drug-likeness (QED) is 0.460. The Bertz CT molecular complexity index is 1330. The molecule has 2 saturated heterocycles. The molecule has 2 aliphatic rings. The van der Waals surface area contributed by atoms with E-state index in [0.717, 1.165) is 30.2 Å². The molecule has 2 fully saturated rings. The summed E-state index contributed by atoms with van der Waals surface area (Å²) in [6.45, 7) is 2.17. The number of rotatable bonds is 8. The van der Waals surface area contributed by atoms with Crippen molar-refractivity contribution in [1.29, 1.82) is 5.26 Å². The van der Waals surface area contributed by atoms with Crippen LogP contribution in [0, 0.1) is 11.3 Å². The average Bonchev–Trinajstić information content (AvgIpc) is 2.93. The van der Waals surface area contributed by atoms with E-state index >= 15 is 0 Å². The molecule has 0 bridgehead atoms. The van der Waals surface area contributed by atoms with Crippen LogP contribution in [0.3, 0.4) is 0 Å². The lowest BCUT2D eigenvalue weighted by Crippen LogP contribution is -2.52. The van der Waals surface area contributed by atoms with Crippen LogP contribution in [0.2, 0.25) is 0 Å². The third kappa shape index (κ3) is 5.66. The van der Waals surface area contributed by atoms with Crippen LogP contribution in [0.15, 0.2) is 48.8 Å². The summed E-state index contributed by atoms with van der Waals surface area (Å²) < 4.78 is 11.4. The number of hydrogen-bond acceptors (Lipinski definition) is 10. The number of carbonyl (C=O) groups excluding carboxylic acids is 1. The van der Waals surface area contributed by atoms with E-state index in [9.17, 15) is 10.1 Å². The zero-order valence-corrected chi connectivity index (χ0v) is 21.1. The summed E-state index contributed by atoms with van der Waals surface area (Å²) in [6, 6.07) is 13.2. The van der Waals surface area contributed by atoms with Crippen molar-refractivity contribution in [2.24, 2.45) is 0 Å². The second kappa shape index (κ2) is 11.4. The SMILES string of the molecule is COC1CN(c2cc(Nc3nccc(-c4ccc(OC5CCN(C(=O)CO)CC5)c(C#N)c4)n3)ccn2)C1. The van der Waals surface area contributed by atoms with Gasteiger partial charge in [0, 0.05) is 75.8 Å². The van der Waals surface area contributed by atoms with Gasteiger partial charge in [-0.05, 0) is 30.3 Å². The largest absolute Gasteiger partial charge is 0.489 e. The third-order valence-electron chi connectivity index (χ3n) is 6.78. The average molecular weight is 516 g/mol. The first-order chi connectivity index (χ1) is 18.6. The number of amides is 1. The summed E-state index contributed by atoms with van der Waals surface area (Å²) in [5, 5.41) is 22.1. The van der Waals surface area contributed by atoms with Gasteiger partial charge < -0.3 is 29.7 Å². The van der Waals surface area contributed by atoms with Crippen molar-refractivity contribution in [3.8, 4) is 23.1 Å². The van der Waals surface area contributed by atoms with Crippen molar-refractivity contribution in [2.45, 2.75) is 25.0 Å². The van der Waals surface area contributed by atoms with Crippen LogP contribution in [-0.2, 0) is 9.53 Å². The van der Waals surface area contributed by atoms with E-state index in [2.05, 4.69) is 31.2 Å². The molecule has 4 heterocycles. The van der Waals surface area contributed by atoms with Crippen molar-refractivity contribution in [1.82, 2.24) is 19.9 Å². The second-order valence-corrected chi connectivity index (χ2v) is 9.23. The number of piperidine rings is 1. The van der Waals surface area contributed by atoms with Crippen molar-refractivity contribution >= 4 is 23.4 Å². The summed E-state index contributed by atoms with van der Waals surface area (Å²) in [7, 11) is 1.71. The van der Waals surface area contributed by atoms with E-state index in [1.54, 1.807) is 42.6 Å². The molecule has 5 rings (SSSR count). The molecule has 0 unspecified atom stereocenters. The van der Waals surface area contributed by atoms with Gasteiger partial charge in [0.05, 0.1) is 17.4 Å². The van der Waals surface area contributed by atoms with Gasteiger partial charge in [-0.15, -0.1) is 0 Å². The van der Waals surface area contributed by atoms with Gasteiger partial charge in [-0.3, -0.25) is 4.79 Å². The molecule has 2 N–H and O–H groups in total. The summed E-state index contributed by atoms with van der Waals surface area (Å²) in [6.07, 6.45) is 4.82. The van der Waals surface area contributed by atoms with E-state index in [0.29, 0.717) is 48.9 Å². The van der Waals surface area contributed by atoms with Gasteiger partial charge in [-0.25, -0.2) is 15.0 Å². The fourth-order valence-electron chi connectivity index (χ4n) is 4.53. The summed E-state index contributed by atoms with van der Waals surface area (Å²) in [4.78, 5) is 28.9. The normalized spacial score (nSPS) is 16.0. The summed E-state index contributed by atoms with van der Waals surface area (Å²) >= 11 is 0. The number of hydrogen-bond donors (Lipinski definition) is 2. The second-order valence-electron chi connectivity index (χ2n) is 9.23. The minimum atomic E-state index is -0.483. The van der Waals surface area contributed by atoms with Gasteiger partial charge in [0.1, 0.15) is 30.3 Å². The fraction of sp³-hybridized carbons (Fsp3) is 0.370. The molecule has 11 heteroatoms. The lowest BCUT2D eigenvalue weighted by atomic mass is 10.1. The monoisotopic (exact) mass is 515 g/mol. The molecule has 3 aromatic rings. The molecule has 0 saturated carbocycles. The number of aromatic nitrogens is 3. The van der Waals surface area contributed by atoms with Crippen LogP contribution in [0.4, 0.5) is 17.5 Å². The maximum atomic E-state index is 11.7. The number of nitriles is 1. The topological polar surface area (TPSA) is 137 Å². The molecular formula is C27H29N7O4. The Hall–Kier alpha value is -4.27. The van der Waals surface area contributed by atoms with E-state index in [1.165, 1.54) is 0 Å². The Kier molecular flexibility index (Phi) is 7.62. The van der Waals surface area contributed by atoms with Crippen LogP contribution in [0.1, 0.15) is 18.4 Å². The van der Waals surface area contributed by atoms with Crippen molar-refractivity contribution < 1.29 is 19.4 Å². The number of carbonyl (C=O) groups is 1. The molecular weight excluding hydrogens is 486 g/mol. The standard InChI is InChI=1S/C27H29N7O4/c1-37-22-15-34(16-22)25-13-20(4-8-29-25)31-27-30-9-5-23(32-27)18-2-3-24(19(12-18)14-28)38-21-6-10-33(11-7-21)26(36)17-35/h2-5,8-9,12-13,21-22,35H,6-7,10-11,15-17H2,1H3,(H,29,30,31,32). The molecule has 1 amide bonds. The maximum Gasteiger partial charge on any atom is 0.248 e. The maximum absolute atomic E-state index is 11.7. The molecule has 11 nitrogen and oxygen atoms in total. The van der Waals surface area contributed by atoms with Crippen molar-refractivity contribution in [3.63, 3.8) is 0 Å². The zero-order chi connectivity index (χ0) is 26.5. The number of benzene rings is 1. The van der Waals surface area contributed by atoms with Gasteiger partial charge in [-0.1, -0.05) is 0 Å². The lowest BCUT2D eigenvalue weighted by Gasteiger charge is -2.39. The van der Waals surface area contributed by atoms with Crippen molar-refractivity contribution in [3.05, 3.63) is 54.4 Å². The van der Waals surface area contributed by atoms with Crippen LogP contribution in [-0.4, -0.2) is 83.0 Å². The predicted molar refractivity (Wildman–Crippen MR) is 140 cm³/mol. The van der Waals surface area contributed by atoms with Crippen LogP contribution >= 0.6 is 0 Å².